The lowest BCUT2D eigenvalue weighted by Crippen LogP contribution is -2.29. The summed E-state index contributed by atoms with van der Waals surface area (Å²) in [7, 11) is 0. The molecule has 1 aliphatic heterocycles. The van der Waals surface area contributed by atoms with E-state index >= 15 is 0 Å². The van der Waals surface area contributed by atoms with Crippen molar-refractivity contribution in [3.63, 3.8) is 0 Å². The topological polar surface area (TPSA) is 202 Å². The number of anilines is 3. The van der Waals surface area contributed by atoms with E-state index in [9.17, 15) is 35.9 Å². The van der Waals surface area contributed by atoms with Gasteiger partial charge in [-0.05, 0) is 57.8 Å². The number of alkyl halides is 6. The predicted octanol–water partition coefficient (Wildman–Crippen LogP) is 4.34. The number of rotatable bonds is 5. The molecule has 1 fully saturated rings. The summed E-state index contributed by atoms with van der Waals surface area (Å²) < 4.78 is 73.8. The molecule has 1 saturated heterocycles. The molecule has 0 spiro atoms. The highest BCUT2D eigenvalue weighted by molar-refractivity contribution is 9.10. The summed E-state index contributed by atoms with van der Waals surface area (Å²) in [6.45, 7) is 2.69. The van der Waals surface area contributed by atoms with E-state index in [2.05, 4.69) is 72.2 Å². The molecule has 0 aromatic carbocycles. The number of H-pyrrole nitrogens is 1. The summed E-state index contributed by atoms with van der Waals surface area (Å²) in [4.78, 5) is 37.9. The average Bonchev–Trinajstić information content (AvgIpc) is 3.32. The zero-order valence-electron chi connectivity index (χ0n) is 20.9. The summed E-state index contributed by atoms with van der Waals surface area (Å²) in [5.41, 5.74) is 7.52. The Labute approximate surface area is 248 Å². The van der Waals surface area contributed by atoms with Crippen LogP contribution in [0.4, 0.5) is 43.8 Å². The van der Waals surface area contributed by atoms with E-state index in [-0.39, 0.29) is 5.82 Å². The SMILES string of the molecule is Nc1nc(C(F)(F)F)c(Br)nc1C(=O)Nc1cc(CN2CCCCC2)[nH]n1.Nc1nc(C(F)(F)F)c(Br)nc1C(=O)O. The molecule has 0 aliphatic carbocycles. The van der Waals surface area contributed by atoms with E-state index in [4.69, 9.17) is 16.6 Å². The molecule has 1 amide bonds. The first kappa shape index (κ1) is 32.9. The van der Waals surface area contributed by atoms with Crippen molar-refractivity contribution in [1.82, 2.24) is 35.0 Å². The molecule has 4 heterocycles. The first-order valence-electron chi connectivity index (χ1n) is 11.6. The number of nitrogens with zero attached hydrogens (tertiary/aromatic N) is 6. The minimum Gasteiger partial charge on any atom is -0.476 e. The third-order valence-corrected chi connectivity index (χ3v) is 6.54. The van der Waals surface area contributed by atoms with Gasteiger partial charge in [-0.15, -0.1) is 0 Å². The minimum atomic E-state index is -4.74. The van der Waals surface area contributed by atoms with Gasteiger partial charge in [0.2, 0.25) is 0 Å². The fraction of sp³-hybridized carbons (Fsp3) is 0.381. The highest BCUT2D eigenvalue weighted by Crippen LogP contribution is 2.34. The van der Waals surface area contributed by atoms with Gasteiger partial charge in [-0.3, -0.25) is 14.8 Å². The van der Waals surface area contributed by atoms with Gasteiger partial charge in [-0.1, -0.05) is 6.42 Å². The normalized spacial score (nSPS) is 14.2. The molecular weight excluding hydrogens is 714 g/mol. The maximum atomic E-state index is 12.8. The molecule has 0 unspecified atom stereocenters. The Morgan fingerprint density at radius 3 is 1.90 bits per heavy atom. The van der Waals surface area contributed by atoms with Crippen LogP contribution in [0.3, 0.4) is 0 Å². The second-order valence-electron chi connectivity index (χ2n) is 8.56. The lowest BCUT2D eigenvalue weighted by atomic mass is 10.1. The quantitative estimate of drug-likeness (QED) is 0.234. The molecule has 0 bridgehead atoms. The van der Waals surface area contributed by atoms with Crippen molar-refractivity contribution in [3.8, 4) is 0 Å². The molecule has 42 heavy (non-hydrogen) atoms. The highest BCUT2D eigenvalue weighted by Gasteiger charge is 2.38. The van der Waals surface area contributed by atoms with Gasteiger partial charge in [0.05, 0.1) is 5.69 Å². The van der Waals surface area contributed by atoms with Crippen LogP contribution < -0.4 is 16.8 Å². The van der Waals surface area contributed by atoms with Gasteiger partial charge in [0.1, 0.15) is 9.21 Å². The van der Waals surface area contributed by atoms with Gasteiger partial charge >= 0.3 is 18.3 Å². The highest BCUT2D eigenvalue weighted by atomic mass is 79.9. The third kappa shape index (κ3) is 8.47. The Morgan fingerprint density at radius 2 is 1.40 bits per heavy atom. The molecule has 4 rings (SSSR count). The number of nitrogens with two attached hydrogens (primary N) is 2. The van der Waals surface area contributed by atoms with Gasteiger partial charge in [-0.25, -0.2) is 24.7 Å². The number of carboxylic acid groups (broad SMARTS) is 1. The molecule has 228 valence electrons. The fourth-order valence-corrected chi connectivity index (χ4v) is 4.56. The number of aromatic amines is 1. The number of piperidine rings is 1. The molecule has 3 aromatic rings. The molecule has 13 nitrogen and oxygen atoms in total. The van der Waals surface area contributed by atoms with Crippen molar-refractivity contribution in [2.75, 3.05) is 29.9 Å². The third-order valence-electron chi connectivity index (χ3n) is 5.43. The number of amides is 1. The number of nitrogen functional groups attached to an aromatic ring is 2. The van der Waals surface area contributed by atoms with Crippen LogP contribution >= 0.6 is 31.9 Å². The minimum absolute atomic E-state index is 0.226. The largest absolute Gasteiger partial charge is 0.476 e. The lowest BCUT2D eigenvalue weighted by molar-refractivity contribution is -0.142. The zero-order chi connectivity index (χ0) is 31.4. The number of hydrogen-bond donors (Lipinski definition) is 5. The molecule has 7 N–H and O–H groups in total. The van der Waals surface area contributed by atoms with Crippen molar-refractivity contribution in [2.45, 2.75) is 38.2 Å². The van der Waals surface area contributed by atoms with E-state index in [0.29, 0.717) is 6.54 Å². The molecule has 0 atom stereocenters. The van der Waals surface area contributed by atoms with Crippen LogP contribution in [0.2, 0.25) is 0 Å². The van der Waals surface area contributed by atoms with Crippen LogP contribution in [0.5, 0.6) is 0 Å². The predicted molar refractivity (Wildman–Crippen MR) is 141 cm³/mol. The van der Waals surface area contributed by atoms with Crippen molar-refractivity contribution in [2.24, 2.45) is 0 Å². The molecular formula is C21H20Br2F6N10O3. The number of carboxylic acids is 1. The van der Waals surface area contributed by atoms with Crippen LogP contribution in [0.25, 0.3) is 0 Å². The molecule has 21 heteroatoms. The lowest BCUT2D eigenvalue weighted by Gasteiger charge is -2.25. The van der Waals surface area contributed by atoms with Crippen LogP contribution in [0.15, 0.2) is 15.3 Å². The Bertz CT molecular complexity index is 1460. The monoisotopic (exact) mass is 732 g/mol. The fourth-order valence-electron chi connectivity index (χ4n) is 3.58. The second kappa shape index (κ2) is 13.2. The maximum Gasteiger partial charge on any atom is 0.436 e. The van der Waals surface area contributed by atoms with Crippen molar-refractivity contribution < 1.29 is 41.0 Å². The van der Waals surface area contributed by atoms with Crippen molar-refractivity contribution in [1.29, 1.82) is 0 Å². The van der Waals surface area contributed by atoms with Gasteiger partial charge < -0.3 is 21.9 Å². The zero-order valence-corrected chi connectivity index (χ0v) is 24.1. The smallest absolute Gasteiger partial charge is 0.436 e. The summed E-state index contributed by atoms with van der Waals surface area (Å²) in [5, 5.41) is 17.8. The number of carbonyl (C=O) groups is 2. The molecule has 0 saturated carbocycles. The van der Waals surface area contributed by atoms with Crippen LogP contribution in [0.1, 0.15) is 57.3 Å². The number of aromatic nitrogens is 6. The number of nitrogens with one attached hydrogen (secondary N) is 2. The summed E-state index contributed by atoms with van der Waals surface area (Å²) in [6.07, 6.45) is -5.94. The number of hydrogen-bond acceptors (Lipinski definition) is 10. The van der Waals surface area contributed by atoms with Gasteiger partial charge in [-0.2, -0.15) is 31.4 Å². The number of likely N-dealkylation sites (tertiary alicyclic amines) is 1. The van der Waals surface area contributed by atoms with Crippen LogP contribution in [-0.4, -0.2) is 65.1 Å². The van der Waals surface area contributed by atoms with Crippen molar-refractivity contribution >= 4 is 61.2 Å². The first-order chi connectivity index (χ1) is 19.5. The average molecular weight is 734 g/mol. The Hall–Kier alpha value is -3.59. The summed E-state index contributed by atoms with van der Waals surface area (Å²) in [5.74, 6) is -3.52. The Balaban J connectivity index is 0.000000274. The van der Waals surface area contributed by atoms with E-state index in [0.717, 1.165) is 31.6 Å². The van der Waals surface area contributed by atoms with E-state index in [1.54, 1.807) is 6.07 Å². The molecule has 1 aliphatic rings. The first-order valence-corrected chi connectivity index (χ1v) is 13.2. The molecule has 3 aromatic heterocycles. The van der Waals surface area contributed by atoms with Gasteiger partial charge in [0.15, 0.2) is 40.2 Å². The number of carbonyl (C=O) groups excluding carboxylic acids is 1. The molecule has 0 radical (unpaired) electrons. The van der Waals surface area contributed by atoms with Crippen LogP contribution in [-0.2, 0) is 18.9 Å². The van der Waals surface area contributed by atoms with E-state index in [1.165, 1.54) is 6.42 Å². The van der Waals surface area contributed by atoms with Crippen LogP contribution in [0, 0.1) is 0 Å². The Kier molecular flexibility index (Phi) is 10.3. The van der Waals surface area contributed by atoms with E-state index in [1.807, 2.05) is 0 Å². The number of aromatic carboxylic acids is 1. The Morgan fingerprint density at radius 1 is 0.905 bits per heavy atom. The standard InChI is InChI=1S/C15H17BrF3N7O.C6H3BrF3N3O2/c16-12-11(15(17,18)19)23-13(20)10(22-12)14(27)21-9-6-8(24-25-9)7-26-4-2-1-3-5-26;7-3-2(6(8,9)10)13-4(11)1(12-3)5(14)15/h6H,1-5,7H2,(H2,20,23)(H2,21,24,25,27);(H2,11,13)(H,14,15). The van der Waals surface area contributed by atoms with Gasteiger partial charge in [0.25, 0.3) is 5.91 Å². The maximum absolute atomic E-state index is 12.8. The van der Waals surface area contributed by atoms with Crippen molar-refractivity contribution in [3.05, 3.63) is 43.7 Å². The number of halogens is 8. The second-order valence-corrected chi connectivity index (χ2v) is 10.1. The van der Waals surface area contributed by atoms with E-state index < -0.39 is 67.8 Å². The summed E-state index contributed by atoms with van der Waals surface area (Å²) >= 11 is 5.15. The van der Waals surface area contributed by atoms with Gasteiger partial charge in [0, 0.05) is 12.6 Å². The summed E-state index contributed by atoms with van der Waals surface area (Å²) in [6, 6.07) is 1.66.